The molecule has 0 aliphatic rings. The lowest BCUT2D eigenvalue weighted by Crippen LogP contribution is -2.44. The van der Waals surface area contributed by atoms with Crippen molar-refractivity contribution in [3.63, 3.8) is 0 Å². The zero-order valence-corrected chi connectivity index (χ0v) is 12.6. The third kappa shape index (κ3) is 3.21. The van der Waals surface area contributed by atoms with E-state index in [0.717, 1.165) is 11.8 Å². The van der Waals surface area contributed by atoms with Crippen LogP contribution >= 0.6 is 11.8 Å². The van der Waals surface area contributed by atoms with Crippen molar-refractivity contribution in [3.8, 4) is 0 Å². The first-order chi connectivity index (χ1) is 10.6. The van der Waals surface area contributed by atoms with Crippen LogP contribution in [-0.4, -0.2) is 28.6 Å². The predicted octanol–water partition coefficient (Wildman–Crippen LogP) is 2.71. The molecule has 0 spiro atoms. The summed E-state index contributed by atoms with van der Waals surface area (Å²) in [7, 11) is 0. The molecule has 5 heteroatoms. The van der Waals surface area contributed by atoms with E-state index in [1.165, 1.54) is 0 Å². The van der Waals surface area contributed by atoms with Gasteiger partial charge in [0, 0.05) is 11.3 Å². The van der Waals surface area contributed by atoms with Crippen molar-refractivity contribution in [2.75, 3.05) is 0 Å². The van der Waals surface area contributed by atoms with Crippen molar-refractivity contribution >= 4 is 24.0 Å². The number of carbonyl (C=O) groups is 2. The third-order valence-corrected chi connectivity index (χ3v) is 4.84. The van der Waals surface area contributed by atoms with Crippen LogP contribution in [0.5, 0.6) is 0 Å². The van der Waals surface area contributed by atoms with Crippen molar-refractivity contribution in [2.45, 2.75) is 22.2 Å². The Hall–Kier alpha value is -2.11. The van der Waals surface area contributed by atoms with Gasteiger partial charge in [-0.3, -0.25) is 4.79 Å². The van der Waals surface area contributed by atoms with Crippen LogP contribution in [0.4, 0.5) is 0 Å². The van der Waals surface area contributed by atoms with E-state index in [1.54, 1.807) is 54.6 Å². The quantitative estimate of drug-likeness (QED) is 0.607. The van der Waals surface area contributed by atoms with E-state index in [4.69, 9.17) is 0 Å². The second-order valence-corrected chi connectivity index (χ2v) is 6.06. The summed E-state index contributed by atoms with van der Waals surface area (Å²) in [6.45, 7) is 0. The highest BCUT2D eigenvalue weighted by Crippen LogP contribution is 2.45. The van der Waals surface area contributed by atoms with Crippen LogP contribution in [0.1, 0.15) is 12.0 Å². The summed E-state index contributed by atoms with van der Waals surface area (Å²) in [6.07, 6.45) is -1.05. The van der Waals surface area contributed by atoms with E-state index < -0.39 is 16.8 Å². The molecule has 2 N–H and O–H groups in total. The summed E-state index contributed by atoms with van der Waals surface area (Å²) in [5.74, 6) is -1.18. The summed E-state index contributed by atoms with van der Waals surface area (Å²) in [5.41, 5.74) is 0.450. The van der Waals surface area contributed by atoms with E-state index in [-0.39, 0.29) is 6.42 Å². The van der Waals surface area contributed by atoms with Crippen LogP contribution in [0.25, 0.3) is 0 Å². The van der Waals surface area contributed by atoms with Crippen LogP contribution in [0.15, 0.2) is 65.6 Å². The van der Waals surface area contributed by atoms with Gasteiger partial charge in [-0.1, -0.05) is 60.3 Å². The zero-order chi connectivity index (χ0) is 16.0. The molecule has 0 amide bonds. The number of thioether (sulfide) groups is 1. The summed E-state index contributed by atoms with van der Waals surface area (Å²) >= 11 is 1.04. The lowest BCUT2D eigenvalue weighted by molar-refractivity contribution is -0.143. The van der Waals surface area contributed by atoms with E-state index in [1.807, 2.05) is 6.07 Å². The van der Waals surface area contributed by atoms with E-state index >= 15 is 0 Å². The molecule has 2 aromatic carbocycles. The number of hydrogen-bond donors (Lipinski definition) is 2. The predicted molar refractivity (Wildman–Crippen MR) is 84.7 cm³/mol. The minimum Gasteiger partial charge on any atom is -0.480 e. The maximum atomic E-state index is 12.0. The number of hydrogen-bond acceptors (Lipinski definition) is 4. The number of aliphatic hydroxyl groups excluding tert-OH is 1. The molecule has 0 saturated carbocycles. The third-order valence-electron chi connectivity index (χ3n) is 3.33. The molecule has 0 saturated heterocycles. The Labute approximate surface area is 132 Å². The summed E-state index contributed by atoms with van der Waals surface area (Å²) in [4.78, 5) is 23.6. The summed E-state index contributed by atoms with van der Waals surface area (Å²) in [6, 6.07) is 17.5. The van der Waals surface area contributed by atoms with E-state index in [9.17, 15) is 19.8 Å². The molecule has 0 fully saturated rings. The highest BCUT2D eigenvalue weighted by Gasteiger charge is 2.48. The summed E-state index contributed by atoms with van der Waals surface area (Å²) < 4.78 is -1.64. The monoisotopic (exact) mass is 316 g/mol. The van der Waals surface area contributed by atoms with Gasteiger partial charge >= 0.3 is 5.97 Å². The van der Waals surface area contributed by atoms with Gasteiger partial charge in [-0.15, -0.1) is 0 Å². The Kier molecular flexibility index (Phi) is 5.35. The molecule has 0 aliphatic heterocycles. The van der Waals surface area contributed by atoms with Crippen molar-refractivity contribution in [2.24, 2.45) is 0 Å². The number of rotatable bonds is 7. The van der Waals surface area contributed by atoms with Crippen molar-refractivity contribution < 1.29 is 19.8 Å². The van der Waals surface area contributed by atoms with Gasteiger partial charge < -0.3 is 15.0 Å². The van der Waals surface area contributed by atoms with Gasteiger partial charge in [0.25, 0.3) is 0 Å². The number of aldehydes is 1. The molecule has 0 radical (unpaired) electrons. The minimum atomic E-state index is -1.64. The molecule has 0 bridgehead atoms. The number of carboxylic acid groups (broad SMARTS) is 1. The van der Waals surface area contributed by atoms with Crippen LogP contribution in [0.2, 0.25) is 0 Å². The highest BCUT2D eigenvalue weighted by atomic mass is 32.2. The highest BCUT2D eigenvalue weighted by molar-refractivity contribution is 8.01. The lowest BCUT2D eigenvalue weighted by atomic mass is 9.90. The molecule has 22 heavy (non-hydrogen) atoms. The van der Waals surface area contributed by atoms with Crippen LogP contribution in [-0.2, 0) is 14.3 Å². The lowest BCUT2D eigenvalue weighted by Gasteiger charge is -2.33. The Morgan fingerprint density at radius 3 is 2.14 bits per heavy atom. The van der Waals surface area contributed by atoms with Gasteiger partial charge in [0.15, 0.2) is 4.75 Å². The van der Waals surface area contributed by atoms with Crippen molar-refractivity contribution in [3.05, 3.63) is 66.2 Å². The van der Waals surface area contributed by atoms with Crippen LogP contribution < -0.4 is 0 Å². The Balaban J connectivity index is 2.55. The fraction of sp³-hybridized carbons (Fsp3) is 0.176. The fourth-order valence-electron chi connectivity index (χ4n) is 2.25. The SMILES string of the molecule is O=CCC(O)C(Sc1ccccc1)(C(=O)O)c1ccccc1. The van der Waals surface area contributed by atoms with Crippen LogP contribution in [0, 0.1) is 0 Å². The van der Waals surface area contributed by atoms with E-state index in [0.29, 0.717) is 16.7 Å². The maximum absolute atomic E-state index is 12.0. The molecule has 0 aliphatic carbocycles. The van der Waals surface area contributed by atoms with Gasteiger partial charge in [-0.2, -0.15) is 0 Å². The molecule has 4 nitrogen and oxygen atoms in total. The molecular formula is C17H16O4S. The molecule has 114 valence electrons. The fourth-order valence-corrected chi connectivity index (χ4v) is 3.48. The first-order valence-electron chi connectivity index (χ1n) is 6.76. The number of aliphatic hydroxyl groups is 1. The van der Waals surface area contributed by atoms with Crippen molar-refractivity contribution in [1.82, 2.24) is 0 Å². The molecule has 2 unspecified atom stereocenters. The first-order valence-corrected chi connectivity index (χ1v) is 7.57. The normalized spacial score (nSPS) is 14.8. The smallest absolute Gasteiger partial charge is 0.327 e. The van der Waals surface area contributed by atoms with Gasteiger partial charge in [0.2, 0.25) is 0 Å². The molecular weight excluding hydrogens is 300 g/mol. The van der Waals surface area contributed by atoms with Gasteiger partial charge in [-0.25, -0.2) is 0 Å². The summed E-state index contributed by atoms with van der Waals surface area (Å²) in [5, 5.41) is 20.3. The standard InChI is InChI=1S/C17H16O4S/c18-12-11-15(19)17(16(20)21,13-7-3-1-4-8-13)22-14-9-5-2-6-10-14/h1-10,12,15,19H,11H2,(H,20,21). The van der Waals surface area contributed by atoms with Crippen molar-refractivity contribution in [1.29, 1.82) is 0 Å². The number of benzene rings is 2. The Morgan fingerprint density at radius 2 is 1.64 bits per heavy atom. The molecule has 0 heterocycles. The Morgan fingerprint density at radius 1 is 1.09 bits per heavy atom. The van der Waals surface area contributed by atoms with Gasteiger partial charge in [0.05, 0.1) is 6.10 Å². The number of aliphatic carboxylic acids is 1. The average Bonchev–Trinajstić information content (AvgIpc) is 2.54. The molecule has 2 aromatic rings. The molecule has 2 rings (SSSR count). The number of carboxylic acids is 1. The maximum Gasteiger partial charge on any atom is 0.327 e. The minimum absolute atomic E-state index is 0.249. The zero-order valence-electron chi connectivity index (χ0n) is 11.8. The first kappa shape index (κ1) is 16.3. The second-order valence-electron chi connectivity index (χ2n) is 4.74. The molecule has 0 aromatic heterocycles. The average molecular weight is 316 g/mol. The number of carbonyl (C=O) groups excluding carboxylic acids is 1. The topological polar surface area (TPSA) is 74.6 Å². The van der Waals surface area contributed by atoms with Crippen LogP contribution in [0.3, 0.4) is 0 Å². The van der Waals surface area contributed by atoms with Gasteiger partial charge in [0.1, 0.15) is 6.29 Å². The Bertz CT molecular complexity index is 630. The molecule has 2 atom stereocenters. The van der Waals surface area contributed by atoms with Gasteiger partial charge in [-0.05, 0) is 17.7 Å². The van der Waals surface area contributed by atoms with E-state index in [2.05, 4.69) is 0 Å². The largest absolute Gasteiger partial charge is 0.480 e. The second kappa shape index (κ2) is 7.24.